The molecular weight excluding hydrogens is 402 g/mol. The molecular formula is C22H23N3O2S2. The number of aromatic nitrogens is 2. The average molecular weight is 426 g/mol. The predicted octanol–water partition coefficient (Wildman–Crippen LogP) is 5.37. The Morgan fingerprint density at radius 1 is 1.17 bits per heavy atom. The van der Waals surface area contributed by atoms with Crippen LogP contribution in [0, 0.1) is 13.8 Å². The van der Waals surface area contributed by atoms with Crippen LogP contribution in [0.3, 0.4) is 0 Å². The molecule has 1 heterocycles. The number of carbonyl (C=O) groups is 1. The molecule has 150 valence electrons. The molecule has 3 rings (SSSR count). The van der Waals surface area contributed by atoms with Gasteiger partial charge in [-0.15, -0.1) is 10.2 Å². The minimum absolute atomic E-state index is 0.249. The Morgan fingerprint density at radius 2 is 1.90 bits per heavy atom. The zero-order chi connectivity index (χ0) is 20.6. The van der Waals surface area contributed by atoms with E-state index in [-0.39, 0.29) is 5.91 Å². The van der Waals surface area contributed by atoms with Crippen LogP contribution in [0.5, 0.6) is 5.75 Å². The Morgan fingerprint density at radius 3 is 2.62 bits per heavy atom. The number of nitrogens with zero attached hydrogens (tertiary/aromatic N) is 2. The van der Waals surface area contributed by atoms with Crippen LogP contribution in [0.1, 0.15) is 23.6 Å². The van der Waals surface area contributed by atoms with Gasteiger partial charge in [0.1, 0.15) is 5.75 Å². The maximum absolute atomic E-state index is 12.4. The molecule has 29 heavy (non-hydrogen) atoms. The molecule has 0 aliphatic heterocycles. The zero-order valence-corrected chi connectivity index (χ0v) is 18.2. The van der Waals surface area contributed by atoms with E-state index in [9.17, 15) is 4.79 Å². The largest absolute Gasteiger partial charge is 0.481 e. The Bertz CT molecular complexity index is 966. The Hall–Kier alpha value is -2.64. The molecule has 1 amide bonds. The van der Waals surface area contributed by atoms with Crippen LogP contribution in [0.15, 0.2) is 58.9 Å². The number of hydrogen-bond donors (Lipinski definition) is 1. The molecule has 1 N–H and O–H groups in total. The van der Waals surface area contributed by atoms with Gasteiger partial charge in [0.25, 0.3) is 5.91 Å². The number of rotatable bonds is 8. The van der Waals surface area contributed by atoms with Crippen LogP contribution in [0.25, 0.3) is 6.08 Å². The van der Waals surface area contributed by atoms with E-state index in [1.54, 1.807) is 18.7 Å². The zero-order valence-electron chi connectivity index (χ0n) is 16.6. The second-order valence-electron chi connectivity index (χ2n) is 6.57. The van der Waals surface area contributed by atoms with Crippen LogP contribution < -0.4 is 10.1 Å². The lowest BCUT2D eigenvalue weighted by Crippen LogP contribution is -2.30. The highest BCUT2D eigenvalue weighted by Crippen LogP contribution is 2.26. The fraction of sp³-hybridized carbons (Fsp3) is 0.227. The van der Waals surface area contributed by atoms with Gasteiger partial charge in [0, 0.05) is 5.75 Å². The van der Waals surface area contributed by atoms with E-state index >= 15 is 0 Å². The first-order valence-corrected chi connectivity index (χ1v) is 11.0. The highest BCUT2D eigenvalue weighted by Gasteiger charge is 2.17. The highest BCUT2D eigenvalue weighted by atomic mass is 32.2. The number of anilines is 1. The number of benzene rings is 2. The Labute approximate surface area is 179 Å². The second kappa shape index (κ2) is 10.2. The molecule has 0 radical (unpaired) electrons. The average Bonchev–Trinajstić information content (AvgIpc) is 3.12. The Balaban J connectivity index is 1.48. The first-order valence-electron chi connectivity index (χ1n) is 9.23. The fourth-order valence-corrected chi connectivity index (χ4v) is 4.24. The smallest absolute Gasteiger partial charge is 0.266 e. The molecule has 0 saturated carbocycles. The van der Waals surface area contributed by atoms with Crippen molar-refractivity contribution in [3.8, 4) is 5.75 Å². The van der Waals surface area contributed by atoms with Gasteiger partial charge in [-0.3, -0.25) is 10.1 Å². The van der Waals surface area contributed by atoms with E-state index in [4.69, 9.17) is 4.74 Å². The second-order valence-corrected chi connectivity index (χ2v) is 8.81. The molecule has 0 aliphatic rings. The summed E-state index contributed by atoms with van der Waals surface area (Å²) in [4.78, 5) is 12.4. The summed E-state index contributed by atoms with van der Waals surface area (Å²) in [7, 11) is 0. The monoisotopic (exact) mass is 425 g/mol. The molecule has 1 aromatic heterocycles. The van der Waals surface area contributed by atoms with Crippen LogP contribution in [0.4, 0.5) is 5.13 Å². The van der Waals surface area contributed by atoms with Crippen molar-refractivity contribution in [2.24, 2.45) is 0 Å². The molecule has 1 unspecified atom stereocenters. The fourth-order valence-electron chi connectivity index (χ4n) is 2.65. The summed E-state index contributed by atoms with van der Waals surface area (Å²) in [5.41, 5.74) is 3.36. The van der Waals surface area contributed by atoms with Gasteiger partial charge in [-0.2, -0.15) is 0 Å². The van der Waals surface area contributed by atoms with Crippen molar-refractivity contribution >= 4 is 40.2 Å². The molecule has 0 bridgehead atoms. The van der Waals surface area contributed by atoms with Crippen molar-refractivity contribution in [2.75, 3.05) is 11.1 Å². The SMILES string of the molecule is Cc1cc(C)cc(OC(C)C(=O)Nc2nnc(SC/C=C/c3ccccc3)s2)c1. The summed E-state index contributed by atoms with van der Waals surface area (Å²) in [6, 6.07) is 16.0. The molecule has 1 atom stereocenters. The molecule has 0 saturated heterocycles. The lowest BCUT2D eigenvalue weighted by atomic mass is 10.1. The van der Waals surface area contributed by atoms with Gasteiger partial charge in [-0.05, 0) is 49.6 Å². The van der Waals surface area contributed by atoms with Crippen LogP contribution in [-0.4, -0.2) is 28.0 Å². The number of hydrogen-bond acceptors (Lipinski definition) is 6. The van der Waals surface area contributed by atoms with Gasteiger partial charge in [0.05, 0.1) is 0 Å². The van der Waals surface area contributed by atoms with Gasteiger partial charge in [0.2, 0.25) is 5.13 Å². The summed E-state index contributed by atoms with van der Waals surface area (Å²) in [5, 5.41) is 11.4. The van der Waals surface area contributed by atoms with E-state index < -0.39 is 6.10 Å². The summed E-state index contributed by atoms with van der Waals surface area (Å²) in [6.07, 6.45) is 3.52. The van der Waals surface area contributed by atoms with E-state index in [0.717, 1.165) is 26.8 Å². The van der Waals surface area contributed by atoms with Gasteiger partial charge in [-0.1, -0.05) is 71.6 Å². The molecule has 0 spiro atoms. The first kappa shape index (κ1) is 21.1. The Kier molecular flexibility index (Phi) is 7.43. The summed E-state index contributed by atoms with van der Waals surface area (Å²) in [6.45, 7) is 5.72. The van der Waals surface area contributed by atoms with Crippen molar-refractivity contribution < 1.29 is 9.53 Å². The molecule has 0 fully saturated rings. The molecule has 0 aliphatic carbocycles. The van der Waals surface area contributed by atoms with Gasteiger partial charge in [0.15, 0.2) is 10.4 Å². The first-order chi connectivity index (χ1) is 14.0. The minimum atomic E-state index is -0.634. The number of thioether (sulfide) groups is 1. The quantitative estimate of drug-likeness (QED) is 0.388. The third-order valence-corrected chi connectivity index (χ3v) is 5.85. The normalized spacial score (nSPS) is 12.1. The number of amides is 1. The lowest BCUT2D eigenvalue weighted by Gasteiger charge is -2.14. The molecule has 5 nitrogen and oxygen atoms in total. The van der Waals surface area contributed by atoms with Crippen molar-refractivity contribution in [1.82, 2.24) is 10.2 Å². The number of carbonyl (C=O) groups excluding carboxylic acids is 1. The van der Waals surface area contributed by atoms with Crippen LogP contribution in [0.2, 0.25) is 0 Å². The molecule has 3 aromatic rings. The predicted molar refractivity (Wildman–Crippen MR) is 121 cm³/mol. The third-order valence-electron chi connectivity index (χ3n) is 3.93. The van der Waals surface area contributed by atoms with Crippen molar-refractivity contribution in [3.05, 3.63) is 71.3 Å². The summed E-state index contributed by atoms with van der Waals surface area (Å²) < 4.78 is 6.57. The van der Waals surface area contributed by atoms with E-state index in [1.165, 1.54) is 11.3 Å². The van der Waals surface area contributed by atoms with Crippen molar-refractivity contribution in [1.29, 1.82) is 0 Å². The van der Waals surface area contributed by atoms with Crippen LogP contribution >= 0.6 is 23.1 Å². The van der Waals surface area contributed by atoms with Gasteiger partial charge >= 0.3 is 0 Å². The number of aryl methyl sites for hydroxylation is 2. The number of ether oxygens (including phenoxy) is 1. The topological polar surface area (TPSA) is 64.1 Å². The molecule has 7 heteroatoms. The third kappa shape index (κ3) is 6.73. The van der Waals surface area contributed by atoms with E-state index in [1.807, 2.05) is 44.2 Å². The van der Waals surface area contributed by atoms with E-state index in [0.29, 0.717) is 10.9 Å². The van der Waals surface area contributed by atoms with Gasteiger partial charge < -0.3 is 4.74 Å². The standard InChI is InChI=1S/C22H23N3O2S2/c1-15-12-16(2)14-19(13-15)27-17(3)20(26)23-21-24-25-22(29-21)28-11-7-10-18-8-5-4-6-9-18/h4-10,12-14,17H,11H2,1-3H3,(H,23,24,26)/b10-7+. The maximum atomic E-state index is 12.4. The molecule has 2 aromatic carbocycles. The van der Waals surface area contributed by atoms with Gasteiger partial charge in [-0.25, -0.2) is 0 Å². The van der Waals surface area contributed by atoms with Crippen LogP contribution in [-0.2, 0) is 4.79 Å². The van der Waals surface area contributed by atoms with Crippen molar-refractivity contribution in [3.63, 3.8) is 0 Å². The summed E-state index contributed by atoms with van der Waals surface area (Å²) in [5.74, 6) is 1.22. The van der Waals surface area contributed by atoms with E-state index in [2.05, 4.69) is 45.9 Å². The lowest BCUT2D eigenvalue weighted by molar-refractivity contribution is -0.122. The van der Waals surface area contributed by atoms with Crippen molar-refractivity contribution in [2.45, 2.75) is 31.2 Å². The summed E-state index contributed by atoms with van der Waals surface area (Å²) >= 11 is 2.93. The maximum Gasteiger partial charge on any atom is 0.266 e. The highest BCUT2D eigenvalue weighted by molar-refractivity contribution is 8.01. The minimum Gasteiger partial charge on any atom is -0.481 e. The number of nitrogens with one attached hydrogen (secondary N) is 1.